The van der Waals surface area contributed by atoms with Crippen molar-refractivity contribution in [1.29, 1.82) is 0 Å². The molecule has 210 valence electrons. The lowest BCUT2D eigenvalue weighted by molar-refractivity contribution is -0.116. The number of nitrogens with one attached hydrogen (secondary N) is 2. The number of amides is 1. The summed E-state index contributed by atoms with van der Waals surface area (Å²) in [5, 5.41) is 7.54. The van der Waals surface area contributed by atoms with Gasteiger partial charge in [0.05, 0.1) is 30.3 Å². The van der Waals surface area contributed by atoms with E-state index in [2.05, 4.69) is 15.6 Å². The van der Waals surface area contributed by atoms with Gasteiger partial charge in [-0.2, -0.15) is 4.31 Å². The van der Waals surface area contributed by atoms with Crippen molar-refractivity contribution in [2.24, 2.45) is 0 Å². The van der Waals surface area contributed by atoms with Crippen LogP contribution in [-0.4, -0.2) is 57.5 Å². The van der Waals surface area contributed by atoms with Crippen LogP contribution in [0.1, 0.15) is 12.1 Å². The number of aryl methyl sites for hydroxylation is 1. The minimum atomic E-state index is -3.92. The summed E-state index contributed by atoms with van der Waals surface area (Å²) in [6.07, 6.45) is -0.0552. The second-order valence-electron chi connectivity index (χ2n) is 8.98. The number of pyridine rings is 1. The Bertz CT molecular complexity index is 1600. The average Bonchev–Trinajstić information content (AvgIpc) is 2.95. The van der Waals surface area contributed by atoms with Crippen molar-refractivity contribution in [2.75, 3.05) is 44.5 Å². The minimum Gasteiger partial charge on any atom is -0.497 e. The number of rotatable bonds is 12. The molecule has 0 atom stereocenters. The van der Waals surface area contributed by atoms with E-state index in [1.165, 1.54) is 30.7 Å². The van der Waals surface area contributed by atoms with Crippen LogP contribution >= 0.6 is 11.6 Å². The molecule has 4 rings (SSSR count). The molecule has 9 nitrogen and oxygen atoms in total. The van der Waals surface area contributed by atoms with E-state index >= 15 is 0 Å². The molecule has 0 unspecified atom stereocenters. The van der Waals surface area contributed by atoms with Gasteiger partial charge in [0.15, 0.2) is 0 Å². The molecule has 40 heavy (non-hydrogen) atoms. The van der Waals surface area contributed by atoms with Crippen LogP contribution < -0.4 is 20.1 Å². The summed E-state index contributed by atoms with van der Waals surface area (Å²) in [5.74, 6) is 0.725. The number of ether oxygens (including phenoxy) is 2. The van der Waals surface area contributed by atoms with Crippen LogP contribution in [0.4, 0.5) is 11.4 Å². The fourth-order valence-corrected chi connectivity index (χ4v) is 5.84. The lowest BCUT2D eigenvalue weighted by Crippen LogP contribution is -2.37. The first kappa shape index (κ1) is 29.1. The molecule has 0 fully saturated rings. The minimum absolute atomic E-state index is 0.0288. The topological polar surface area (TPSA) is 110 Å². The molecule has 0 aliphatic heterocycles. The Morgan fingerprint density at radius 2 is 1.70 bits per heavy atom. The summed E-state index contributed by atoms with van der Waals surface area (Å²) in [4.78, 5) is 17.5. The fraction of sp³-hybridized carbons (Fsp3) is 0.241. The second-order valence-corrected chi connectivity index (χ2v) is 11.4. The molecular formula is C29H31ClN4O5S. The second kappa shape index (κ2) is 13.0. The number of halogens is 1. The van der Waals surface area contributed by atoms with Gasteiger partial charge in [-0.1, -0.05) is 23.7 Å². The molecule has 2 N–H and O–H groups in total. The number of methoxy groups -OCH3 is 2. The number of sulfonamides is 1. The number of benzene rings is 3. The number of anilines is 2. The quantitative estimate of drug-likeness (QED) is 0.232. The number of para-hydroxylation sites is 2. The summed E-state index contributed by atoms with van der Waals surface area (Å²) in [5.41, 5.74) is 2.90. The summed E-state index contributed by atoms with van der Waals surface area (Å²) < 4.78 is 39.0. The normalized spacial score (nSPS) is 11.4. The first-order chi connectivity index (χ1) is 19.2. The lowest BCUT2D eigenvalue weighted by atomic mass is 10.1. The third-order valence-electron chi connectivity index (χ3n) is 6.24. The van der Waals surface area contributed by atoms with Crippen molar-refractivity contribution in [2.45, 2.75) is 18.2 Å². The highest BCUT2D eigenvalue weighted by Crippen LogP contribution is 2.27. The van der Waals surface area contributed by atoms with E-state index in [0.29, 0.717) is 22.2 Å². The van der Waals surface area contributed by atoms with Gasteiger partial charge < -0.3 is 20.1 Å². The van der Waals surface area contributed by atoms with Gasteiger partial charge in [-0.15, -0.1) is 0 Å². The van der Waals surface area contributed by atoms with E-state index < -0.39 is 10.0 Å². The van der Waals surface area contributed by atoms with Crippen molar-refractivity contribution >= 4 is 49.8 Å². The maximum absolute atomic E-state index is 13.6. The maximum Gasteiger partial charge on any atom is 0.243 e. The van der Waals surface area contributed by atoms with Gasteiger partial charge >= 0.3 is 0 Å². The Morgan fingerprint density at radius 1 is 0.950 bits per heavy atom. The van der Waals surface area contributed by atoms with Crippen LogP contribution in [0.25, 0.3) is 10.9 Å². The molecular weight excluding hydrogens is 552 g/mol. The maximum atomic E-state index is 13.6. The van der Waals surface area contributed by atoms with Gasteiger partial charge in [0.2, 0.25) is 15.9 Å². The number of carbonyl (C=O) groups is 1. The van der Waals surface area contributed by atoms with E-state index in [4.69, 9.17) is 21.1 Å². The Labute approximate surface area is 239 Å². The molecule has 1 heterocycles. The van der Waals surface area contributed by atoms with Crippen LogP contribution in [0, 0.1) is 6.92 Å². The average molecular weight is 583 g/mol. The van der Waals surface area contributed by atoms with Crippen LogP contribution in [0.15, 0.2) is 77.7 Å². The molecule has 0 aliphatic carbocycles. The highest BCUT2D eigenvalue weighted by atomic mass is 35.5. The first-order valence-electron chi connectivity index (χ1n) is 12.6. The van der Waals surface area contributed by atoms with E-state index in [1.807, 2.05) is 25.1 Å². The number of hydrogen-bond donors (Lipinski definition) is 2. The van der Waals surface area contributed by atoms with E-state index in [-0.39, 0.29) is 36.9 Å². The Kier molecular flexibility index (Phi) is 9.46. The standard InChI is InChI=1S/C29H31ClN4O5S/c1-20-18-27(24-19-21(30)8-13-25(24)32-20)31-15-17-34(40(36,37)23-11-9-22(38-2)10-12-23)16-14-29(35)33-26-6-4-5-7-28(26)39-3/h4-13,18-19H,14-17H2,1-3H3,(H,31,32)(H,33,35). The number of nitrogens with zero attached hydrogens (tertiary/aromatic N) is 2. The molecule has 1 amide bonds. The molecule has 0 bridgehead atoms. The van der Waals surface area contributed by atoms with Crippen LogP contribution in [0.2, 0.25) is 5.02 Å². The van der Waals surface area contributed by atoms with Crippen molar-refractivity contribution < 1.29 is 22.7 Å². The predicted molar refractivity (Wildman–Crippen MR) is 158 cm³/mol. The summed E-state index contributed by atoms with van der Waals surface area (Å²) in [7, 11) is -0.890. The van der Waals surface area contributed by atoms with Crippen molar-refractivity contribution in [3.63, 3.8) is 0 Å². The Hall–Kier alpha value is -3.86. The predicted octanol–water partition coefficient (Wildman–Crippen LogP) is 5.35. The van der Waals surface area contributed by atoms with Gasteiger partial charge in [0, 0.05) is 47.8 Å². The summed E-state index contributed by atoms with van der Waals surface area (Å²) in [6, 6.07) is 20.5. The third-order valence-corrected chi connectivity index (χ3v) is 8.39. The monoisotopic (exact) mass is 582 g/mol. The van der Waals surface area contributed by atoms with E-state index in [1.54, 1.807) is 42.5 Å². The molecule has 0 radical (unpaired) electrons. The molecule has 0 saturated carbocycles. The molecule has 0 saturated heterocycles. The first-order valence-corrected chi connectivity index (χ1v) is 14.4. The Morgan fingerprint density at radius 3 is 2.42 bits per heavy atom. The SMILES string of the molecule is COc1ccc(S(=O)(=O)N(CCNc2cc(C)nc3ccc(Cl)cc23)CCC(=O)Nc2ccccc2OC)cc1. The number of hydrogen-bond acceptors (Lipinski definition) is 7. The number of carbonyl (C=O) groups excluding carboxylic acids is 1. The smallest absolute Gasteiger partial charge is 0.243 e. The zero-order valence-electron chi connectivity index (χ0n) is 22.5. The number of aromatic nitrogens is 1. The molecule has 11 heteroatoms. The van der Waals surface area contributed by atoms with Gasteiger partial charge in [-0.3, -0.25) is 9.78 Å². The van der Waals surface area contributed by atoms with Crippen molar-refractivity contribution in [3.05, 3.63) is 83.5 Å². The highest BCUT2D eigenvalue weighted by molar-refractivity contribution is 7.89. The fourth-order valence-electron chi connectivity index (χ4n) is 4.23. The molecule has 0 spiro atoms. The third kappa shape index (κ3) is 7.01. The van der Waals surface area contributed by atoms with Crippen LogP contribution in [0.5, 0.6) is 11.5 Å². The zero-order chi connectivity index (χ0) is 28.7. The number of fused-ring (bicyclic) bond motifs is 1. The van der Waals surface area contributed by atoms with Gasteiger partial charge in [0.1, 0.15) is 11.5 Å². The highest BCUT2D eigenvalue weighted by Gasteiger charge is 2.25. The molecule has 4 aromatic rings. The summed E-state index contributed by atoms with van der Waals surface area (Å²) >= 11 is 6.21. The molecule has 3 aromatic carbocycles. The summed E-state index contributed by atoms with van der Waals surface area (Å²) in [6.45, 7) is 2.26. The van der Waals surface area contributed by atoms with E-state index in [0.717, 1.165) is 22.3 Å². The Balaban J connectivity index is 1.52. The molecule has 0 aliphatic rings. The lowest BCUT2D eigenvalue weighted by Gasteiger charge is -2.23. The largest absolute Gasteiger partial charge is 0.497 e. The van der Waals surface area contributed by atoms with Crippen molar-refractivity contribution in [1.82, 2.24) is 9.29 Å². The zero-order valence-corrected chi connectivity index (χ0v) is 24.1. The van der Waals surface area contributed by atoms with Gasteiger partial charge in [-0.05, 0) is 67.6 Å². The van der Waals surface area contributed by atoms with Crippen LogP contribution in [-0.2, 0) is 14.8 Å². The van der Waals surface area contributed by atoms with E-state index in [9.17, 15) is 13.2 Å². The van der Waals surface area contributed by atoms with Crippen molar-refractivity contribution in [3.8, 4) is 11.5 Å². The van der Waals surface area contributed by atoms with Gasteiger partial charge in [-0.25, -0.2) is 8.42 Å². The van der Waals surface area contributed by atoms with Crippen LogP contribution in [0.3, 0.4) is 0 Å². The van der Waals surface area contributed by atoms with Gasteiger partial charge in [0.25, 0.3) is 0 Å². The molecule has 1 aromatic heterocycles.